The quantitative estimate of drug-likeness (QED) is 0.202. The van der Waals surface area contributed by atoms with Crippen LogP contribution in [0.3, 0.4) is 0 Å². The molecular formula is C24H19Cl4N3O4. The number of halogens is 4. The number of amides is 2. The molecule has 0 fully saturated rings. The zero-order valence-corrected chi connectivity index (χ0v) is 21.5. The number of benzene rings is 3. The van der Waals surface area contributed by atoms with Crippen LogP contribution in [0.15, 0.2) is 59.7 Å². The van der Waals surface area contributed by atoms with Crippen molar-refractivity contribution in [1.29, 1.82) is 0 Å². The van der Waals surface area contributed by atoms with Gasteiger partial charge in [0.1, 0.15) is 6.61 Å². The van der Waals surface area contributed by atoms with E-state index in [4.69, 9.17) is 55.9 Å². The maximum atomic E-state index is 12.1. The van der Waals surface area contributed by atoms with Crippen LogP contribution in [0.4, 0.5) is 5.69 Å². The molecular weight excluding hydrogens is 536 g/mol. The van der Waals surface area contributed by atoms with E-state index in [2.05, 4.69) is 15.8 Å². The molecule has 0 aromatic heterocycles. The third-order valence-corrected chi connectivity index (χ3v) is 5.81. The molecule has 11 heteroatoms. The normalized spacial score (nSPS) is 11.1. The minimum absolute atomic E-state index is 0.143. The van der Waals surface area contributed by atoms with Gasteiger partial charge in [-0.15, -0.1) is 0 Å². The summed E-state index contributed by atoms with van der Waals surface area (Å²) in [5.74, 6) is -1.01. The number of hydrogen-bond donors (Lipinski definition) is 2. The molecule has 3 aromatic carbocycles. The van der Waals surface area contributed by atoms with Crippen molar-refractivity contribution in [3.63, 3.8) is 0 Å². The second-order valence-electron chi connectivity index (χ2n) is 7.10. The monoisotopic (exact) mass is 553 g/mol. The molecule has 0 unspecified atom stereocenters. The Balaban J connectivity index is 1.66. The Morgan fingerprint density at radius 1 is 0.886 bits per heavy atom. The van der Waals surface area contributed by atoms with Crippen molar-refractivity contribution < 1.29 is 19.1 Å². The van der Waals surface area contributed by atoms with Gasteiger partial charge in [0.15, 0.2) is 11.5 Å². The average Bonchev–Trinajstić information content (AvgIpc) is 2.81. The predicted molar refractivity (Wildman–Crippen MR) is 139 cm³/mol. The zero-order chi connectivity index (χ0) is 25.5. The minimum atomic E-state index is -0.969. The predicted octanol–water partition coefficient (Wildman–Crippen LogP) is 6.37. The Labute approximate surface area is 221 Å². The Hall–Kier alpha value is -2.97. The molecule has 35 heavy (non-hydrogen) atoms. The van der Waals surface area contributed by atoms with E-state index in [-0.39, 0.29) is 12.3 Å². The highest BCUT2D eigenvalue weighted by atomic mass is 35.5. The van der Waals surface area contributed by atoms with E-state index in [1.807, 2.05) is 0 Å². The molecule has 0 bridgehead atoms. The van der Waals surface area contributed by atoms with Gasteiger partial charge in [0, 0.05) is 36.9 Å². The fraction of sp³-hybridized carbons (Fsp3) is 0.125. The molecule has 3 aromatic rings. The molecule has 7 nitrogen and oxygen atoms in total. The highest BCUT2D eigenvalue weighted by molar-refractivity contribution is 6.40. The molecule has 0 spiro atoms. The van der Waals surface area contributed by atoms with E-state index >= 15 is 0 Å². The Kier molecular flexibility index (Phi) is 9.23. The molecule has 182 valence electrons. The number of hydrogen-bond acceptors (Lipinski definition) is 5. The van der Waals surface area contributed by atoms with Gasteiger partial charge in [0.05, 0.1) is 12.8 Å². The molecule has 0 saturated carbocycles. The SMILES string of the molecule is COc1cc(/C(C)=N/NC(=O)C(=O)Nc2cc(Cl)cc(Cl)c2)ccc1OCc1c(Cl)cccc1Cl. The number of hydrazone groups is 1. The van der Waals surface area contributed by atoms with Crippen molar-refractivity contribution in [2.24, 2.45) is 5.10 Å². The molecule has 0 saturated heterocycles. The highest BCUT2D eigenvalue weighted by Gasteiger charge is 2.15. The highest BCUT2D eigenvalue weighted by Crippen LogP contribution is 2.31. The van der Waals surface area contributed by atoms with Gasteiger partial charge in [-0.2, -0.15) is 5.10 Å². The van der Waals surface area contributed by atoms with Crippen LogP contribution < -0.4 is 20.2 Å². The average molecular weight is 555 g/mol. The smallest absolute Gasteiger partial charge is 0.329 e. The van der Waals surface area contributed by atoms with Crippen LogP contribution in [0, 0.1) is 0 Å². The van der Waals surface area contributed by atoms with E-state index in [1.165, 1.54) is 25.3 Å². The number of ether oxygens (including phenoxy) is 2. The second-order valence-corrected chi connectivity index (χ2v) is 8.79. The lowest BCUT2D eigenvalue weighted by Crippen LogP contribution is -2.32. The molecule has 0 heterocycles. The molecule has 0 aliphatic rings. The summed E-state index contributed by atoms with van der Waals surface area (Å²) in [5.41, 5.74) is 4.20. The van der Waals surface area contributed by atoms with E-state index in [0.717, 1.165) is 0 Å². The molecule has 0 atom stereocenters. The summed E-state index contributed by atoms with van der Waals surface area (Å²) < 4.78 is 11.3. The van der Waals surface area contributed by atoms with Crippen molar-refractivity contribution in [3.05, 3.63) is 85.8 Å². The fourth-order valence-electron chi connectivity index (χ4n) is 2.90. The first-order valence-electron chi connectivity index (χ1n) is 10.0. The van der Waals surface area contributed by atoms with Gasteiger partial charge in [0.2, 0.25) is 0 Å². The summed E-state index contributed by atoms with van der Waals surface area (Å²) in [6.45, 7) is 1.80. The molecule has 0 aliphatic heterocycles. The van der Waals surface area contributed by atoms with Gasteiger partial charge < -0.3 is 14.8 Å². The largest absolute Gasteiger partial charge is 0.493 e. The minimum Gasteiger partial charge on any atom is -0.493 e. The fourth-order valence-corrected chi connectivity index (χ4v) is 3.93. The number of carbonyl (C=O) groups is 2. The van der Waals surface area contributed by atoms with Gasteiger partial charge in [-0.05, 0) is 55.5 Å². The van der Waals surface area contributed by atoms with E-state index in [0.29, 0.717) is 48.4 Å². The van der Waals surface area contributed by atoms with Crippen molar-refractivity contribution in [2.45, 2.75) is 13.5 Å². The molecule has 2 N–H and O–H groups in total. The lowest BCUT2D eigenvalue weighted by molar-refractivity contribution is -0.136. The molecule has 0 aliphatic carbocycles. The summed E-state index contributed by atoms with van der Waals surface area (Å²) in [4.78, 5) is 24.3. The summed E-state index contributed by atoms with van der Waals surface area (Å²) >= 11 is 24.2. The van der Waals surface area contributed by atoms with Gasteiger partial charge in [0.25, 0.3) is 0 Å². The lowest BCUT2D eigenvalue weighted by Gasteiger charge is -2.13. The van der Waals surface area contributed by atoms with Gasteiger partial charge in [-0.25, -0.2) is 5.43 Å². The number of nitrogens with one attached hydrogen (secondary N) is 2. The third-order valence-electron chi connectivity index (χ3n) is 4.67. The number of methoxy groups -OCH3 is 1. The van der Waals surface area contributed by atoms with Crippen LogP contribution in [-0.2, 0) is 16.2 Å². The summed E-state index contributed by atoms with van der Waals surface area (Å²) in [7, 11) is 1.50. The summed E-state index contributed by atoms with van der Waals surface area (Å²) in [6, 6.07) is 14.7. The van der Waals surface area contributed by atoms with E-state index in [9.17, 15) is 9.59 Å². The van der Waals surface area contributed by atoms with Crippen molar-refractivity contribution in [1.82, 2.24) is 5.43 Å². The maximum Gasteiger partial charge on any atom is 0.329 e. The van der Waals surface area contributed by atoms with Crippen LogP contribution in [0.1, 0.15) is 18.1 Å². The summed E-state index contributed by atoms with van der Waals surface area (Å²) in [5, 5.41) is 8.02. The van der Waals surface area contributed by atoms with Crippen LogP contribution in [0.2, 0.25) is 20.1 Å². The van der Waals surface area contributed by atoms with Gasteiger partial charge in [-0.3, -0.25) is 9.59 Å². The first kappa shape index (κ1) is 26.6. The maximum absolute atomic E-state index is 12.1. The zero-order valence-electron chi connectivity index (χ0n) is 18.5. The van der Waals surface area contributed by atoms with E-state index in [1.54, 1.807) is 43.3 Å². The van der Waals surface area contributed by atoms with Crippen LogP contribution in [0.25, 0.3) is 0 Å². The van der Waals surface area contributed by atoms with Gasteiger partial charge >= 0.3 is 11.8 Å². The summed E-state index contributed by atoms with van der Waals surface area (Å²) in [6.07, 6.45) is 0. The van der Waals surface area contributed by atoms with Crippen LogP contribution in [-0.4, -0.2) is 24.6 Å². The van der Waals surface area contributed by atoms with Crippen LogP contribution >= 0.6 is 46.4 Å². The lowest BCUT2D eigenvalue weighted by atomic mass is 10.1. The van der Waals surface area contributed by atoms with Crippen molar-refractivity contribution in [2.75, 3.05) is 12.4 Å². The number of rotatable bonds is 7. The van der Waals surface area contributed by atoms with Crippen LogP contribution in [0.5, 0.6) is 11.5 Å². The Morgan fingerprint density at radius 3 is 2.17 bits per heavy atom. The number of nitrogens with zero attached hydrogens (tertiary/aromatic N) is 1. The standard InChI is InChI=1S/C24H19Cl4N3O4/c1-13(30-31-24(33)23(32)29-17-10-15(25)9-16(26)11-17)14-6-7-21(22(8-14)34-2)35-12-18-19(27)4-3-5-20(18)28/h3-11H,12H2,1-2H3,(H,29,32)(H,31,33)/b30-13+. The van der Waals surface area contributed by atoms with Gasteiger partial charge in [-0.1, -0.05) is 52.5 Å². The molecule has 3 rings (SSSR count). The number of carbonyl (C=O) groups excluding carboxylic acids is 2. The second kappa shape index (κ2) is 12.1. The Bertz CT molecular complexity index is 1260. The topological polar surface area (TPSA) is 89.0 Å². The first-order chi connectivity index (χ1) is 16.7. The van der Waals surface area contributed by atoms with Crippen molar-refractivity contribution in [3.8, 4) is 11.5 Å². The van der Waals surface area contributed by atoms with E-state index < -0.39 is 11.8 Å². The number of anilines is 1. The van der Waals surface area contributed by atoms with Crippen molar-refractivity contribution >= 4 is 69.6 Å². The third kappa shape index (κ3) is 7.26. The Morgan fingerprint density at radius 2 is 1.54 bits per heavy atom. The molecule has 2 amide bonds. The molecule has 0 radical (unpaired) electrons. The first-order valence-corrected chi connectivity index (χ1v) is 11.5.